The first kappa shape index (κ1) is 28.0. The SMILES string of the molecule is CC.CN.CN(C/C=C\c1ccccc1C=O)CCN(C)C(=O)OC(C)(C)C. The molecule has 0 bridgehead atoms. The first-order valence-corrected chi connectivity index (χ1v) is 9.64. The topological polar surface area (TPSA) is 75.9 Å². The standard InChI is InChI=1S/C19H28N2O3.C2H6.CH5N/c1-19(2,3)24-18(23)21(5)14-13-20(4)12-8-11-16-9-6-7-10-17(16)15-22;2*1-2/h6-11,15H,12-14H2,1-5H3;1-2H3;2H2,1H3/b11-8-;;. The molecule has 1 amide bonds. The van der Waals surface area contributed by atoms with Gasteiger partial charge >= 0.3 is 6.09 Å². The molecule has 0 aliphatic rings. The van der Waals surface area contributed by atoms with Crippen LogP contribution in [0.15, 0.2) is 30.3 Å². The summed E-state index contributed by atoms with van der Waals surface area (Å²) < 4.78 is 5.32. The van der Waals surface area contributed by atoms with Crippen LogP contribution in [0.5, 0.6) is 0 Å². The van der Waals surface area contributed by atoms with Gasteiger partial charge in [-0.2, -0.15) is 0 Å². The van der Waals surface area contributed by atoms with Crippen molar-refractivity contribution in [1.82, 2.24) is 9.80 Å². The van der Waals surface area contributed by atoms with E-state index in [1.807, 2.05) is 72.0 Å². The van der Waals surface area contributed by atoms with E-state index in [-0.39, 0.29) is 6.09 Å². The van der Waals surface area contributed by atoms with Gasteiger partial charge in [-0.05, 0) is 40.4 Å². The van der Waals surface area contributed by atoms with E-state index >= 15 is 0 Å². The van der Waals surface area contributed by atoms with Gasteiger partial charge in [0.2, 0.25) is 0 Å². The first-order chi connectivity index (χ1) is 13.2. The van der Waals surface area contributed by atoms with E-state index < -0.39 is 5.60 Å². The van der Waals surface area contributed by atoms with Crippen molar-refractivity contribution < 1.29 is 14.3 Å². The molecule has 1 aromatic carbocycles. The van der Waals surface area contributed by atoms with Crippen molar-refractivity contribution in [3.05, 3.63) is 41.5 Å². The minimum Gasteiger partial charge on any atom is -0.444 e. The molecule has 0 unspecified atom stereocenters. The van der Waals surface area contributed by atoms with Crippen molar-refractivity contribution in [3.63, 3.8) is 0 Å². The third-order valence-corrected chi connectivity index (χ3v) is 3.36. The van der Waals surface area contributed by atoms with Gasteiger partial charge in [-0.25, -0.2) is 4.79 Å². The summed E-state index contributed by atoms with van der Waals surface area (Å²) in [5.74, 6) is 0. The van der Waals surface area contributed by atoms with Crippen molar-refractivity contribution in [2.75, 3.05) is 40.8 Å². The Morgan fingerprint density at radius 1 is 1.07 bits per heavy atom. The molecule has 6 nitrogen and oxygen atoms in total. The summed E-state index contributed by atoms with van der Waals surface area (Å²) in [5, 5.41) is 0. The van der Waals surface area contributed by atoms with Crippen LogP contribution in [-0.4, -0.2) is 68.6 Å². The Bertz CT molecular complexity index is 581. The molecular formula is C22H39N3O3. The molecule has 0 radical (unpaired) electrons. The Hall–Kier alpha value is -2.18. The number of benzene rings is 1. The molecule has 0 heterocycles. The third kappa shape index (κ3) is 13.1. The third-order valence-electron chi connectivity index (χ3n) is 3.36. The molecule has 28 heavy (non-hydrogen) atoms. The van der Waals surface area contributed by atoms with Gasteiger partial charge in [0.25, 0.3) is 0 Å². The van der Waals surface area contributed by atoms with Crippen LogP contribution in [0.1, 0.15) is 50.5 Å². The summed E-state index contributed by atoms with van der Waals surface area (Å²) in [7, 11) is 5.22. The predicted octanol–water partition coefficient (Wildman–Crippen LogP) is 3.91. The lowest BCUT2D eigenvalue weighted by Crippen LogP contribution is -2.38. The quantitative estimate of drug-likeness (QED) is 0.711. The van der Waals surface area contributed by atoms with E-state index in [0.717, 1.165) is 24.9 Å². The number of likely N-dealkylation sites (N-methyl/N-ethyl adjacent to an activating group) is 2. The minimum atomic E-state index is -0.480. The van der Waals surface area contributed by atoms with E-state index in [2.05, 4.69) is 10.6 Å². The first-order valence-electron chi connectivity index (χ1n) is 9.64. The molecule has 0 aliphatic heterocycles. The highest BCUT2D eigenvalue weighted by Gasteiger charge is 2.19. The maximum absolute atomic E-state index is 11.9. The number of carbonyl (C=O) groups excluding carboxylic acids is 2. The lowest BCUT2D eigenvalue weighted by atomic mass is 10.1. The average Bonchev–Trinajstić information content (AvgIpc) is 2.68. The second kappa shape index (κ2) is 15.8. The zero-order valence-electron chi connectivity index (χ0n) is 18.9. The second-order valence-corrected chi connectivity index (χ2v) is 6.81. The fourth-order valence-electron chi connectivity index (χ4n) is 1.97. The largest absolute Gasteiger partial charge is 0.444 e. The van der Waals surface area contributed by atoms with Crippen molar-refractivity contribution in [2.24, 2.45) is 5.73 Å². The Labute approximate surface area is 171 Å². The number of ether oxygens (including phenoxy) is 1. The summed E-state index contributed by atoms with van der Waals surface area (Å²) in [6.45, 7) is 11.6. The molecule has 0 saturated heterocycles. The monoisotopic (exact) mass is 393 g/mol. The Morgan fingerprint density at radius 3 is 2.11 bits per heavy atom. The van der Waals surface area contributed by atoms with Gasteiger partial charge in [-0.3, -0.25) is 4.79 Å². The van der Waals surface area contributed by atoms with Crippen molar-refractivity contribution in [3.8, 4) is 0 Å². The Kier molecular flexibility index (Phi) is 15.9. The van der Waals surface area contributed by atoms with Crippen molar-refractivity contribution >= 4 is 18.5 Å². The van der Waals surface area contributed by atoms with Crippen LogP contribution in [0, 0.1) is 0 Å². The van der Waals surface area contributed by atoms with Crippen LogP contribution in [0.4, 0.5) is 4.79 Å². The minimum absolute atomic E-state index is 0.314. The smallest absolute Gasteiger partial charge is 0.410 e. The van der Waals surface area contributed by atoms with E-state index in [1.165, 1.54) is 7.05 Å². The van der Waals surface area contributed by atoms with Crippen LogP contribution in [-0.2, 0) is 4.74 Å². The molecule has 1 aromatic rings. The van der Waals surface area contributed by atoms with Crippen LogP contribution >= 0.6 is 0 Å². The van der Waals surface area contributed by atoms with Gasteiger partial charge in [0.1, 0.15) is 5.60 Å². The molecule has 0 aliphatic carbocycles. The zero-order valence-corrected chi connectivity index (χ0v) is 18.9. The fourth-order valence-corrected chi connectivity index (χ4v) is 1.97. The Morgan fingerprint density at radius 2 is 1.61 bits per heavy atom. The fraction of sp³-hybridized carbons (Fsp3) is 0.545. The van der Waals surface area contributed by atoms with Gasteiger partial charge < -0.3 is 20.3 Å². The lowest BCUT2D eigenvalue weighted by molar-refractivity contribution is 0.0288. The lowest BCUT2D eigenvalue weighted by Gasteiger charge is -2.26. The van der Waals surface area contributed by atoms with E-state index in [0.29, 0.717) is 12.1 Å². The number of hydrogen-bond acceptors (Lipinski definition) is 5. The molecule has 0 atom stereocenters. The molecule has 1 rings (SSSR count). The van der Waals surface area contributed by atoms with Gasteiger partial charge in [0, 0.05) is 32.2 Å². The molecule has 0 aromatic heterocycles. The van der Waals surface area contributed by atoms with Gasteiger partial charge in [-0.1, -0.05) is 50.3 Å². The molecular weight excluding hydrogens is 354 g/mol. The number of nitrogens with zero attached hydrogens (tertiary/aromatic N) is 2. The predicted molar refractivity (Wildman–Crippen MR) is 119 cm³/mol. The average molecular weight is 394 g/mol. The highest BCUT2D eigenvalue weighted by atomic mass is 16.6. The second-order valence-electron chi connectivity index (χ2n) is 6.81. The van der Waals surface area contributed by atoms with Crippen LogP contribution in [0.2, 0.25) is 0 Å². The van der Waals surface area contributed by atoms with Crippen LogP contribution in [0.3, 0.4) is 0 Å². The summed E-state index contributed by atoms with van der Waals surface area (Å²) in [4.78, 5) is 26.5. The zero-order chi connectivity index (χ0) is 22.2. The van der Waals surface area contributed by atoms with Crippen molar-refractivity contribution in [2.45, 2.75) is 40.2 Å². The number of rotatable bonds is 7. The van der Waals surface area contributed by atoms with E-state index in [9.17, 15) is 9.59 Å². The highest BCUT2D eigenvalue weighted by molar-refractivity contribution is 5.81. The van der Waals surface area contributed by atoms with Crippen LogP contribution < -0.4 is 5.73 Å². The number of aldehydes is 1. The summed E-state index contributed by atoms with van der Waals surface area (Å²) in [6.07, 6.45) is 4.50. The number of carbonyl (C=O) groups is 2. The summed E-state index contributed by atoms with van der Waals surface area (Å²) >= 11 is 0. The van der Waals surface area contributed by atoms with Crippen LogP contribution in [0.25, 0.3) is 6.08 Å². The maximum atomic E-state index is 11.9. The normalized spacial score (nSPS) is 10.5. The summed E-state index contributed by atoms with van der Waals surface area (Å²) in [6, 6.07) is 7.47. The van der Waals surface area contributed by atoms with Gasteiger partial charge in [0.05, 0.1) is 0 Å². The molecule has 2 N–H and O–H groups in total. The number of nitrogens with two attached hydrogens (primary N) is 1. The molecule has 0 saturated carbocycles. The summed E-state index contributed by atoms with van der Waals surface area (Å²) in [5.41, 5.74) is 5.61. The van der Waals surface area contributed by atoms with Gasteiger partial charge in [0.15, 0.2) is 6.29 Å². The maximum Gasteiger partial charge on any atom is 0.410 e. The molecule has 6 heteroatoms. The molecule has 160 valence electrons. The number of hydrogen-bond donors (Lipinski definition) is 1. The highest BCUT2D eigenvalue weighted by Crippen LogP contribution is 2.09. The van der Waals surface area contributed by atoms with Gasteiger partial charge in [-0.15, -0.1) is 0 Å². The van der Waals surface area contributed by atoms with E-state index in [4.69, 9.17) is 4.74 Å². The molecule has 0 spiro atoms. The Balaban J connectivity index is 0. The van der Waals surface area contributed by atoms with E-state index in [1.54, 1.807) is 18.0 Å². The molecule has 0 fully saturated rings. The van der Waals surface area contributed by atoms with Crippen molar-refractivity contribution in [1.29, 1.82) is 0 Å². The number of amides is 1.